The van der Waals surface area contributed by atoms with Crippen LogP contribution in [0.5, 0.6) is 0 Å². The van der Waals surface area contributed by atoms with Crippen LogP contribution in [0.2, 0.25) is 0 Å². The summed E-state index contributed by atoms with van der Waals surface area (Å²) in [5.41, 5.74) is 1.24. The molecule has 0 aliphatic carbocycles. The Morgan fingerprint density at radius 1 is 1.22 bits per heavy atom. The minimum absolute atomic E-state index is 0.0363. The third kappa shape index (κ3) is 4.91. The van der Waals surface area contributed by atoms with Gasteiger partial charge >= 0.3 is 12.1 Å². The van der Waals surface area contributed by atoms with Crippen LogP contribution < -0.4 is 10.6 Å². The van der Waals surface area contributed by atoms with E-state index in [2.05, 4.69) is 16.7 Å². The number of nitriles is 1. The predicted octanol–water partition coefficient (Wildman–Crippen LogP) is 4.97. The molecule has 3 N–H and O–H groups in total. The molecule has 1 aliphatic rings. The Hall–Kier alpha value is -4.26. The summed E-state index contributed by atoms with van der Waals surface area (Å²) >= 11 is 0. The quantitative estimate of drug-likeness (QED) is 0.447. The molecular weight excluding hydrogens is 473 g/mol. The molecule has 2 aromatic carbocycles. The topological polar surface area (TPSA) is 107 Å². The Kier molecular flexibility index (Phi) is 6.75. The van der Waals surface area contributed by atoms with Gasteiger partial charge in [-0.25, -0.2) is 4.79 Å². The highest BCUT2D eigenvalue weighted by Gasteiger charge is 2.32. The molecular formula is C26H23F3N4O3. The lowest BCUT2D eigenvalue weighted by Crippen LogP contribution is -2.30. The van der Waals surface area contributed by atoms with Crippen molar-refractivity contribution in [2.75, 3.05) is 11.9 Å². The molecule has 3 aromatic rings. The van der Waals surface area contributed by atoms with E-state index in [1.165, 1.54) is 18.2 Å². The second kappa shape index (κ2) is 9.77. The number of nitrogens with one attached hydrogen (secondary N) is 2. The molecule has 10 heteroatoms. The highest BCUT2D eigenvalue weighted by atomic mass is 19.4. The van der Waals surface area contributed by atoms with Crippen molar-refractivity contribution in [3.8, 4) is 6.07 Å². The van der Waals surface area contributed by atoms with Gasteiger partial charge in [-0.05, 0) is 55.2 Å². The first kappa shape index (κ1) is 24.9. The van der Waals surface area contributed by atoms with E-state index < -0.39 is 29.7 Å². The molecule has 0 bridgehead atoms. The second-order valence-corrected chi connectivity index (χ2v) is 8.60. The lowest BCUT2D eigenvalue weighted by atomic mass is 10.0. The number of hydrogen-bond donors (Lipinski definition) is 3. The van der Waals surface area contributed by atoms with Crippen molar-refractivity contribution in [3.05, 3.63) is 87.6 Å². The number of aromatic carboxylic acids is 1. The SMILES string of the molecule is C[C@H](NC(=O)c1c(C#N)c2c(n1Cc1cccc(C(F)(F)F)c1)NCCC2)c1ccc(C(=O)O)cc1. The zero-order chi connectivity index (χ0) is 26.0. The molecule has 186 valence electrons. The van der Waals surface area contributed by atoms with E-state index in [9.17, 15) is 28.0 Å². The van der Waals surface area contributed by atoms with Gasteiger partial charge in [0, 0.05) is 18.7 Å². The summed E-state index contributed by atoms with van der Waals surface area (Å²) < 4.78 is 41.4. The van der Waals surface area contributed by atoms with Gasteiger partial charge in [0.25, 0.3) is 5.91 Å². The zero-order valence-electron chi connectivity index (χ0n) is 19.3. The maximum atomic E-state index is 13.5. The van der Waals surface area contributed by atoms with Gasteiger partial charge in [0.05, 0.1) is 22.7 Å². The fourth-order valence-corrected chi connectivity index (χ4v) is 4.39. The normalized spacial score (nSPS) is 13.8. The molecule has 0 unspecified atom stereocenters. The summed E-state index contributed by atoms with van der Waals surface area (Å²) in [4.78, 5) is 24.6. The van der Waals surface area contributed by atoms with Gasteiger partial charge in [-0.2, -0.15) is 18.4 Å². The number of rotatable bonds is 6. The number of anilines is 1. The first-order valence-electron chi connectivity index (χ1n) is 11.3. The van der Waals surface area contributed by atoms with Crippen molar-refractivity contribution in [2.24, 2.45) is 0 Å². The highest BCUT2D eigenvalue weighted by Crippen LogP contribution is 2.34. The molecule has 0 saturated carbocycles. The number of amides is 1. The third-order valence-electron chi connectivity index (χ3n) is 6.19. The smallest absolute Gasteiger partial charge is 0.416 e. The molecule has 1 aromatic heterocycles. The Morgan fingerprint density at radius 3 is 2.58 bits per heavy atom. The summed E-state index contributed by atoms with van der Waals surface area (Å²) in [6.45, 7) is 2.29. The first-order valence-corrected chi connectivity index (χ1v) is 11.3. The molecule has 2 heterocycles. The molecule has 0 saturated heterocycles. The van der Waals surface area contributed by atoms with Crippen LogP contribution in [0.25, 0.3) is 0 Å². The second-order valence-electron chi connectivity index (χ2n) is 8.60. The zero-order valence-corrected chi connectivity index (χ0v) is 19.3. The highest BCUT2D eigenvalue weighted by molar-refractivity contribution is 5.97. The average molecular weight is 496 g/mol. The summed E-state index contributed by atoms with van der Waals surface area (Å²) in [5.74, 6) is -1.06. The van der Waals surface area contributed by atoms with E-state index in [1.807, 2.05) is 0 Å². The van der Waals surface area contributed by atoms with Crippen LogP contribution in [0.15, 0.2) is 48.5 Å². The summed E-state index contributed by atoms with van der Waals surface area (Å²) in [6, 6.07) is 12.5. The molecule has 7 nitrogen and oxygen atoms in total. The predicted molar refractivity (Wildman–Crippen MR) is 126 cm³/mol. The van der Waals surface area contributed by atoms with E-state index in [0.717, 1.165) is 18.6 Å². The summed E-state index contributed by atoms with van der Waals surface area (Å²) in [5, 5.41) is 25.0. The third-order valence-corrected chi connectivity index (χ3v) is 6.19. The standard InChI is InChI=1S/C26H23F3N4O3/c1-15(17-7-9-18(10-8-17)25(35)36)32-24(34)22-21(13-30)20-6-3-11-31-23(20)33(22)14-16-4-2-5-19(12-16)26(27,28)29/h2,4-5,7-10,12,15,31H,3,6,11,14H2,1H3,(H,32,34)(H,35,36)/t15-/m0/s1. The number of nitrogens with zero attached hydrogens (tertiary/aromatic N) is 2. The lowest BCUT2D eigenvalue weighted by Gasteiger charge is -2.20. The number of fused-ring (bicyclic) bond motifs is 1. The minimum atomic E-state index is -4.51. The molecule has 0 spiro atoms. The van der Waals surface area contributed by atoms with Crippen LogP contribution in [0.1, 0.15) is 68.1 Å². The van der Waals surface area contributed by atoms with Crippen LogP contribution in [0.4, 0.5) is 19.0 Å². The van der Waals surface area contributed by atoms with E-state index in [4.69, 9.17) is 5.11 Å². The maximum Gasteiger partial charge on any atom is 0.416 e. The van der Waals surface area contributed by atoms with Crippen LogP contribution >= 0.6 is 0 Å². The Bertz CT molecular complexity index is 1350. The van der Waals surface area contributed by atoms with Crippen LogP contribution in [-0.2, 0) is 19.1 Å². The fraction of sp³-hybridized carbons (Fsp3) is 0.269. The van der Waals surface area contributed by atoms with Crippen molar-refractivity contribution in [3.63, 3.8) is 0 Å². The van der Waals surface area contributed by atoms with Crippen molar-refractivity contribution in [2.45, 2.75) is 38.5 Å². The Balaban J connectivity index is 1.70. The fourth-order valence-electron chi connectivity index (χ4n) is 4.39. The Labute approximate surface area is 205 Å². The lowest BCUT2D eigenvalue weighted by molar-refractivity contribution is -0.137. The molecule has 1 atom stereocenters. The van der Waals surface area contributed by atoms with E-state index >= 15 is 0 Å². The number of aromatic nitrogens is 1. The van der Waals surface area contributed by atoms with Crippen LogP contribution in [0, 0.1) is 11.3 Å². The number of hydrogen-bond acceptors (Lipinski definition) is 4. The molecule has 0 fully saturated rings. The first-order chi connectivity index (χ1) is 17.1. The van der Waals surface area contributed by atoms with Gasteiger partial charge in [-0.3, -0.25) is 4.79 Å². The van der Waals surface area contributed by atoms with Crippen molar-refractivity contribution >= 4 is 17.7 Å². The number of carboxylic acid groups (broad SMARTS) is 1. The van der Waals surface area contributed by atoms with Crippen LogP contribution in [-0.4, -0.2) is 28.1 Å². The number of carboxylic acids is 1. The summed E-state index contributed by atoms with van der Waals surface area (Å²) in [7, 11) is 0. The number of halogens is 3. The van der Waals surface area contributed by atoms with Crippen molar-refractivity contribution in [1.29, 1.82) is 5.26 Å². The molecule has 1 amide bonds. The van der Waals surface area contributed by atoms with E-state index in [-0.39, 0.29) is 23.4 Å². The largest absolute Gasteiger partial charge is 0.478 e. The molecule has 36 heavy (non-hydrogen) atoms. The number of carbonyl (C=O) groups excluding carboxylic acids is 1. The van der Waals surface area contributed by atoms with Gasteiger partial charge in [0.2, 0.25) is 0 Å². The monoisotopic (exact) mass is 496 g/mol. The number of carbonyl (C=O) groups is 2. The van der Waals surface area contributed by atoms with Gasteiger partial charge in [-0.1, -0.05) is 24.3 Å². The van der Waals surface area contributed by atoms with Crippen molar-refractivity contribution in [1.82, 2.24) is 9.88 Å². The number of benzene rings is 2. The maximum absolute atomic E-state index is 13.5. The van der Waals surface area contributed by atoms with E-state index in [0.29, 0.717) is 35.5 Å². The minimum Gasteiger partial charge on any atom is -0.478 e. The molecule has 4 rings (SSSR count). The van der Waals surface area contributed by atoms with Crippen LogP contribution in [0.3, 0.4) is 0 Å². The van der Waals surface area contributed by atoms with Crippen molar-refractivity contribution < 1.29 is 27.9 Å². The van der Waals surface area contributed by atoms with Gasteiger partial charge < -0.3 is 20.3 Å². The van der Waals surface area contributed by atoms with Gasteiger partial charge in [-0.15, -0.1) is 0 Å². The summed E-state index contributed by atoms with van der Waals surface area (Å²) in [6.07, 6.45) is -3.19. The average Bonchev–Trinajstić information content (AvgIpc) is 3.17. The van der Waals surface area contributed by atoms with E-state index in [1.54, 1.807) is 29.7 Å². The van der Waals surface area contributed by atoms with Gasteiger partial charge in [0.15, 0.2) is 0 Å². The number of alkyl halides is 3. The molecule has 1 aliphatic heterocycles. The molecule has 0 radical (unpaired) electrons. The Morgan fingerprint density at radius 2 is 1.94 bits per heavy atom. The van der Waals surface area contributed by atoms with Gasteiger partial charge in [0.1, 0.15) is 17.6 Å².